The highest BCUT2D eigenvalue weighted by molar-refractivity contribution is 5.80. The van der Waals surface area contributed by atoms with E-state index in [1.54, 1.807) is 31.2 Å². The molecule has 1 atom stereocenters. The predicted octanol–water partition coefficient (Wildman–Crippen LogP) is 2.63. The van der Waals surface area contributed by atoms with Crippen LogP contribution in [0.15, 0.2) is 24.3 Å². The smallest absolute Gasteiger partial charge is 0.260 e. The van der Waals surface area contributed by atoms with E-state index in [0.29, 0.717) is 17.9 Å². The molecule has 0 aliphatic rings. The van der Waals surface area contributed by atoms with Crippen LogP contribution in [0.5, 0.6) is 5.75 Å². The van der Waals surface area contributed by atoms with Gasteiger partial charge in [0.25, 0.3) is 5.91 Å². The second-order valence-electron chi connectivity index (χ2n) is 4.40. The summed E-state index contributed by atoms with van der Waals surface area (Å²) in [5.74, 6) is 0.411. The van der Waals surface area contributed by atoms with E-state index in [4.69, 9.17) is 10.00 Å². The number of amides is 1. The number of benzene rings is 1. The second-order valence-corrected chi connectivity index (χ2v) is 4.40. The number of hydrogen-bond donors (Lipinski definition) is 1. The van der Waals surface area contributed by atoms with Crippen LogP contribution >= 0.6 is 0 Å². The van der Waals surface area contributed by atoms with Gasteiger partial charge in [-0.1, -0.05) is 25.8 Å². The van der Waals surface area contributed by atoms with Crippen LogP contribution in [0, 0.1) is 11.3 Å². The molecule has 0 bridgehead atoms. The van der Waals surface area contributed by atoms with E-state index in [2.05, 4.69) is 12.2 Å². The Hall–Kier alpha value is -2.02. The minimum absolute atomic E-state index is 0.126. The first-order chi connectivity index (χ1) is 9.17. The fourth-order valence-corrected chi connectivity index (χ4v) is 1.63. The Balaban J connectivity index is 2.43. The molecule has 0 saturated heterocycles. The van der Waals surface area contributed by atoms with E-state index >= 15 is 0 Å². The van der Waals surface area contributed by atoms with Crippen LogP contribution in [-0.2, 0) is 4.79 Å². The summed E-state index contributed by atoms with van der Waals surface area (Å²) in [5, 5.41) is 11.6. The fraction of sp³-hybridized carbons (Fsp3) is 0.467. The van der Waals surface area contributed by atoms with Gasteiger partial charge < -0.3 is 10.1 Å². The number of hydrogen-bond acceptors (Lipinski definition) is 3. The molecule has 0 aromatic heterocycles. The summed E-state index contributed by atoms with van der Waals surface area (Å²) in [6, 6.07) is 8.83. The van der Waals surface area contributed by atoms with Crippen LogP contribution in [0.1, 0.15) is 38.7 Å². The van der Waals surface area contributed by atoms with E-state index in [1.807, 2.05) is 6.07 Å². The SMILES string of the molecule is CCCCCNC(=O)C(C)Oc1cccc(C#N)c1. The third kappa shape index (κ3) is 5.43. The van der Waals surface area contributed by atoms with Crippen molar-refractivity contribution in [1.82, 2.24) is 5.32 Å². The van der Waals surface area contributed by atoms with Crippen LogP contribution in [0.3, 0.4) is 0 Å². The molecule has 0 aliphatic heterocycles. The highest BCUT2D eigenvalue weighted by Gasteiger charge is 2.13. The molecule has 0 spiro atoms. The Morgan fingerprint density at radius 2 is 2.26 bits per heavy atom. The highest BCUT2D eigenvalue weighted by atomic mass is 16.5. The van der Waals surface area contributed by atoms with E-state index in [0.717, 1.165) is 19.3 Å². The van der Waals surface area contributed by atoms with E-state index in [-0.39, 0.29) is 5.91 Å². The lowest BCUT2D eigenvalue weighted by molar-refractivity contribution is -0.127. The summed E-state index contributed by atoms with van der Waals surface area (Å²) >= 11 is 0. The molecule has 1 aromatic rings. The number of unbranched alkanes of at least 4 members (excludes halogenated alkanes) is 2. The Labute approximate surface area is 114 Å². The van der Waals surface area contributed by atoms with Gasteiger partial charge in [-0.3, -0.25) is 4.79 Å². The van der Waals surface area contributed by atoms with Crippen molar-refractivity contribution < 1.29 is 9.53 Å². The number of carbonyl (C=O) groups is 1. The Morgan fingerprint density at radius 3 is 2.95 bits per heavy atom. The van der Waals surface area contributed by atoms with Gasteiger partial charge in [0.05, 0.1) is 11.6 Å². The van der Waals surface area contributed by atoms with Gasteiger partial charge in [-0.2, -0.15) is 5.26 Å². The summed E-state index contributed by atoms with van der Waals surface area (Å²) in [4.78, 5) is 11.8. The molecule has 19 heavy (non-hydrogen) atoms. The van der Waals surface area contributed by atoms with Crippen LogP contribution < -0.4 is 10.1 Å². The fourth-order valence-electron chi connectivity index (χ4n) is 1.63. The average Bonchev–Trinajstić information content (AvgIpc) is 2.43. The van der Waals surface area contributed by atoms with Crippen LogP contribution in [-0.4, -0.2) is 18.6 Å². The van der Waals surface area contributed by atoms with E-state index in [9.17, 15) is 4.79 Å². The molecular weight excluding hydrogens is 240 g/mol. The maximum absolute atomic E-state index is 11.8. The van der Waals surface area contributed by atoms with Gasteiger partial charge in [-0.25, -0.2) is 0 Å². The average molecular weight is 260 g/mol. The van der Waals surface area contributed by atoms with Crippen LogP contribution in [0.25, 0.3) is 0 Å². The van der Waals surface area contributed by atoms with E-state index < -0.39 is 6.10 Å². The maximum atomic E-state index is 11.8. The minimum atomic E-state index is -0.560. The largest absolute Gasteiger partial charge is 0.481 e. The van der Waals surface area contributed by atoms with Gasteiger partial charge in [-0.05, 0) is 31.5 Å². The lowest BCUT2D eigenvalue weighted by Gasteiger charge is -2.14. The molecule has 1 aromatic carbocycles. The van der Waals surface area contributed by atoms with Gasteiger partial charge in [0.1, 0.15) is 5.75 Å². The minimum Gasteiger partial charge on any atom is -0.481 e. The molecule has 1 rings (SSSR count). The number of nitrogens with one attached hydrogen (secondary N) is 1. The first-order valence-electron chi connectivity index (χ1n) is 6.62. The summed E-state index contributed by atoms with van der Waals surface area (Å²) in [6.07, 6.45) is 2.66. The third-order valence-corrected chi connectivity index (χ3v) is 2.72. The van der Waals surface area contributed by atoms with Crippen molar-refractivity contribution in [3.8, 4) is 11.8 Å². The third-order valence-electron chi connectivity index (χ3n) is 2.72. The molecule has 102 valence electrons. The number of ether oxygens (including phenoxy) is 1. The van der Waals surface area contributed by atoms with Gasteiger partial charge in [-0.15, -0.1) is 0 Å². The number of rotatable bonds is 7. The Morgan fingerprint density at radius 1 is 1.47 bits per heavy atom. The van der Waals surface area contributed by atoms with Gasteiger partial charge in [0, 0.05) is 6.54 Å². The van der Waals surface area contributed by atoms with Crippen molar-refractivity contribution >= 4 is 5.91 Å². The molecular formula is C15H20N2O2. The molecule has 1 amide bonds. The zero-order valence-corrected chi connectivity index (χ0v) is 11.5. The van der Waals surface area contributed by atoms with Crippen molar-refractivity contribution in [2.45, 2.75) is 39.2 Å². The van der Waals surface area contributed by atoms with Crippen LogP contribution in [0.4, 0.5) is 0 Å². The number of nitriles is 1. The molecule has 0 aliphatic carbocycles. The monoisotopic (exact) mass is 260 g/mol. The summed E-state index contributed by atoms with van der Waals surface area (Å²) in [7, 11) is 0. The van der Waals surface area contributed by atoms with Crippen molar-refractivity contribution in [2.24, 2.45) is 0 Å². The highest BCUT2D eigenvalue weighted by Crippen LogP contribution is 2.14. The Bertz CT molecular complexity index is 452. The summed E-state index contributed by atoms with van der Waals surface area (Å²) < 4.78 is 5.51. The molecule has 4 heteroatoms. The molecule has 0 radical (unpaired) electrons. The number of nitrogens with zero attached hydrogens (tertiary/aromatic N) is 1. The lowest BCUT2D eigenvalue weighted by Crippen LogP contribution is -2.36. The zero-order chi connectivity index (χ0) is 14.1. The Kier molecular flexibility index (Phi) is 6.45. The van der Waals surface area contributed by atoms with Crippen molar-refractivity contribution in [3.05, 3.63) is 29.8 Å². The van der Waals surface area contributed by atoms with Crippen molar-refractivity contribution in [3.63, 3.8) is 0 Å². The van der Waals surface area contributed by atoms with E-state index in [1.165, 1.54) is 0 Å². The topological polar surface area (TPSA) is 62.1 Å². The predicted molar refractivity (Wildman–Crippen MR) is 73.8 cm³/mol. The zero-order valence-electron chi connectivity index (χ0n) is 11.5. The van der Waals surface area contributed by atoms with Crippen molar-refractivity contribution in [1.29, 1.82) is 5.26 Å². The standard InChI is InChI=1S/C15H20N2O2/c1-3-4-5-9-17-15(18)12(2)19-14-8-6-7-13(10-14)11-16/h6-8,10,12H,3-5,9H2,1-2H3,(H,17,18). The first kappa shape index (κ1) is 15.0. The van der Waals surface area contributed by atoms with Crippen molar-refractivity contribution in [2.75, 3.05) is 6.54 Å². The first-order valence-corrected chi connectivity index (χ1v) is 6.62. The van der Waals surface area contributed by atoms with Gasteiger partial charge >= 0.3 is 0 Å². The molecule has 0 fully saturated rings. The van der Waals surface area contributed by atoms with Gasteiger partial charge in [0.15, 0.2) is 6.10 Å². The molecule has 1 unspecified atom stereocenters. The lowest BCUT2D eigenvalue weighted by atomic mass is 10.2. The summed E-state index contributed by atoms with van der Waals surface area (Å²) in [5.41, 5.74) is 0.521. The van der Waals surface area contributed by atoms with Crippen LogP contribution in [0.2, 0.25) is 0 Å². The second kappa shape index (κ2) is 8.15. The summed E-state index contributed by atoms with van der Waals surface area (Å²) in [6.45, 7) is 4.50. The van der Waals surface area contributed by atoms with Gasteiger partial charge in [0.2, 0.25) is 0 Å². The number of carbonyl (C=O) groups excluding carboxylic acids is 1. The molecule has 1 N–H and O–H groups in total. The maximum Gasteiger partial charge on any atom is 0.260 e. The molecule has 0 saturated carbocycles. The molecule has 0 heterocycles. The molecule has 4 nitrogen and oxygen atoms in total. The normalized spacial score (nSPS) is 11.4. The quantitative estimate of drug-likeness (QED) is 0.766.